The van der Waals surface area contributed by atoms with Gasteiger partial charge in [0, 0.05) is 10.0 Å². The first-order chi connectivity index (χ1) is 9.02. The molecule has 2 aromatic rings. The molecular formula is C15H14BrFO2. The van der Waals surface area contributed by atoms with Crippen LogP contribution in [0.25, 0.3) is 0 Å². The topological polar surface area (TPSA) is 29.5 Å². The van der Waals surface area contributed by atoms with Crippen LogP contribution >= 0.6 is 15.9 Å². The molecule has 0 saturated heterocycles. The van der Waals surface area contributed by atoms with Crippen LogP contribution in [-0.4, -0.2) is 12.2 Å². The molecule has 100 valence electrons. The number of methoxy groups -OCH3 is 1. The van der Waals surface area contributed by atoms with E-state index in [0.717, 1.165) is 5.56 Å². The van der Waals surface area contributed by atoms with Gasteiger partial charge in [-0.05, 0) is 42.3 Å². The number of aliphatic hydroxyl groups is 1. The molecule has 0 heterocycles. The molecule has 0 bridgehead atoms. The van der Waals surface area contributed by atoms with Gasteiger partial charge in [-0.2, -0.15) is 0 Å². The fourth-order valence-electron chi connectivity index (χ4n) is 1.97. The number of rotatable bonds is 3. The number of hydrogen-bond donors (Lipinski definition) is 1. The van der Waals surface area contributed by atoms with Gasteiger partial charge in [-0.25, -0.2) is 4.39 Å². The van der Waals surface area contributed by atoms with Crippen LogP contribution in [0.15, 0.2) is 40.9 Å². The molecule has 0 aliphatic carbocycles. The van der Waals surface area contributed by atoms with Crippen molar-refractivity contribution in [3.05, 3.63) is 63.4 Å². The van der Waals surface area contributed by atoms with Gasteiger partial charge in [-0.3, -0.25) is 0 Å². The van der Waals surface area contributed by atoms with Crippen LogP contribution < -0.4 is 4.74 Å². The van der Waals surface area contributed by atoms with Crippen molar-refractivity contribution in [2.45, 2.75) is 13.0 Å². The highest BCUT2D eigenvalue weighted by Gasteiger charge is 2.17. The van der Waals surface area contributed by atoms with E-state index in [9.17, 15) is 9.50 Å². The smallest absolute Gasteiger partial charge is 0.130 e. The van der Waals surface area contributed by atoms with Crippen molar-refractivity contribution in [3.8, 4) is 5.75 Å². The van der Waals surface area contributed by atoms with Gasteiger partial charge >= 0.3 is 0 Å². The lowest BCUT2D eigenvalue weighted by molar-refractivity contribution is 0.214. The Labute approximate surface area is 120 Å². The van der Waals surface area contributed by atoms with E-state index in [1.807, 2.05) is 13.0 Å². The van der Waals surface area contributed by atoms with Crippen molar-refractivity contribution in [2.24, 2.45) is 0 Å². The van der Waals surface area contributed by atoms with Crippen molar-refractivity contribution >= 4 is 15.9 Å². The Morgan fingerprint density at radius 3 is 2.42 bits per heavy atom. The molecule has 1 N–H and O–H groups in total. The average molecular weight is 325 g/mol. The lowest BCUT2D eigenvalue weighted by atomic mass is 9.97. The summed E-state index contributed by atoms with van der Waals surface area (Å²) in [6, 6.07) is 9.95. The van der Waals surface area contributed by atoms with Gasteiger partial charge in [-0.1, -0.05) is 28.1 Å². The molecule has 2 aromatic carbocycles. The summed E-state index contributed by atoms with van der Waals surface area (Å²) in [4.78, 5) is 0. The maximum Gasteiger partial charge on any atom is 0.130 e. The highest BCUT2D eigenvalue weighted by Crippen LogP contribution is 2.30. The van der Waals surface area contributed by atoms with E-state index in [4.69, 9.17) is 4.74 Å². The number of aryl methyl sites for hydroxylation is 1. The Balaban J connectivity index is 2.41. The van der Waals surface area contributed by atoms with Gasteiger partial charge in [0.15, 0.2) is 0 Å². The van der Waals surface area contributed by atoms with Crippen molar-refractivity contribution < 1.29 is 14.2 Å². The third-order valence-electron chi connectivity index (χ3n) is 3.03. The highest BCUT2D eigenvalue weighted by atomic mass is 79.9. The lowest BCUT2D eigenvalue weighted by Crippen LogP contribution is -2.04. The Bertz CT molecular complexity index is 599. The van der Waals surface area contributed by atoms with Gasteiger partial charge in [0.05, 0.1) is 7.11 Å². The van der Waals surface area contributed by atoms with Crippen LogP contribution in [0.2, 0.25) is 0 Å². The lowest BCUT2D eigenvalue weighted by Gasteiger charge is -2.16. The molecule has 1 unspecified atom stereocenters. The second-order valence-corrected chi connectivity index (χ2v) is 5.21. The Morgan fingerprint density at radius 1 is 1.16 bits per heavy atom. The molecule has 0 aromatic heterocycles. The van der Waals surface area contributed by atoms with Crippen LogP contribution in [0.3, 0.4) is 0 Å². The fourth-order valence-corrected chi connectivity index (χ4v) is 2.31. The number of halogens is 2. The minimum Gasteiger partial charge on any atom is -0.497 e. The van der Waals surface area contributed by atoms with Gasteiger partial charge in [0.25, 0.3) is 0 Å². The molecule has 2 rings (SSSR count). The van der Waals surface area contributed by atoms with Crippen LogP contribution in [0, 0.1) is 12.7 Å². The summed E-state index contributed by atoms with van der Waals surface area (Å²) in [7, 11) is 1.58. The van der Waals surface area contributed by atoms with E-state index < -0.39 is 11.9 Å². The number of hydrogen-bond acceptors (Lipinski definition) is 2. The Hall–Kier alpha value is -1.39. The van der Waals surface area contributed by atoms with Crippen molar-refractivity contribution in [1.29, 1.82) is 0 Å². The van der Waals surface area contributed by atoms with Crippen LogP contribution in [-0.2, 0) is 0 Å². The van der Waals surface area contributed by atoms with E-state index in [2.05, 4.69) is 15.9 Å². The van der Waals surface area contributed by atoms with Gasteiger partial charge < -0.3 is 9.84 Å². The summed E-state index contributed by atoms with van der Waals surface area (Å²) in [6.07, 6.45) is -0.987. The number of ether oxygens (including phenoxy) is 1. The third kappa shape index (κ3) is 2.96. The summed E-state index contributed by atoms with van der Waals surface area (Å²) in [5, 5.41) is 10.3. The second-order valence-electron chi connectivity index (χ2n) is 4.29. The molecule has 0 radical (unpaired) electrons. The molecule has 19 heavy (non-hydrogen) atoms. The summed E-state index contributed by atoms with van der Waals surface area (Å²) < 4.78 is 19.6. The van der Waals surface area contributed by atoms with Crippen LogP contribution in [0.4, 0.5) is 4.39 Å². The van der Waals surface area contributed by atoms with Gasteiger partial charge in [-0.15, -0.1) is 0 Å². The standard InChI is InChI=1S/C15H14BrFO2/c1-9-7-11(19-2)4-6-12(9)15(18)13-5-3-10(16)8-14(13)17/h3-8,15,18H,1-2H3. The number of aliphatic hydroxyl groups excluding tert-OH is 1. The molecule has 2 nitrogen and oxygen atoms in total. The van der Waals surface area contributed by atoms with Gasteiger partial charge in [0.2, 0.25) is 0 Å². The first-order valence-corrected chi connectivity index (χ1v) is 6.59. The predicted molar refractivity (Wildman–Crippen MR) is 75.9 cm³/mol. The summed E-state index contributed by atoms with van der Waals surface area (Å²) >= 11 is 3.20. The normalized spacial score (nSPS) is 12.3. The van der Waals surface area contributed by atoms with E-state index in [1.165, 1.54) is 6.07 Å². The third-order valence-corrected chi connectivity index (χ3v) is 3.52. The molecule has 0 amide bonds. The molecule has 0 fully saturated rings. The molecule has 0 aliphatic rings. The SMILES string of the molecule is COc1ccc(C(O)c2ccc(Br)cc2F)c(C)c1. The predicted octanol–water partition coefficient (Wildman–Crippen LogP) is 3.99. The Kier molecular flexibility index (Phi) is 4.22. The summed E-state index contributed by atoms with van der Waals surface area (Å²) in [6.45, 7) is 1.86. The first-order valence-electron chi connectivity index (χ1n) is 5.80. The van der Waals surface area contributed by atoms with E-state index in [0.29, 0.717) is 15.8 Å². The molecule has 0 aliphatic heterocycles. The quantitative estimate of drug-likeness (QED) is 0.925. The zero-order valence-electron chi connectivity index (χ0n) is 10.7. The zero-order chi connectivity index (χ0) is 14.0. The fraction of sp³-hybridized carbons (Fsp3) is 0.200. The maximum atomic E-state index is 13.8. The van der Waals surface area contributed by atoms with Crippen molar-refractivity contribution in [1.82, 2.24) is 0 Å². The van der Waals surface area contributed by atoms with Gasteiger partial charge in [0.1, 0.15) is 17.7 Å². The highest BCUT2D eigenvalue weighted by molar-refractivity contribution is 9.10. The molecule has 0 spiro atoms. The minimum absolute atomic E-state index is 0.261. The van der Waals surface area contributed by atoms with Crippen molar-refractivity contribution in [2.75, 3.05) is 7.11 Å². The molecular weight excluding hydrogens is 311 g/mol. The molecule has 0 saturated carbocycles. The first kappa shape index (κ1) is 14.0. The summed E-state index contributed by atoms with van der Waals surface area (Å²) in [5.41, 5.74) is 1.78. The molecule has 1 atom stereocenters. The number of benzene rings is 2. The largest absolute Gasteiger partial charge is 0.497 e. The van der Waals surface area contributed by atoms with Crippen molar-refractivity contribution in [3.63, 3.8) is 0 Å². The van der Waals surface area contributed by atoms with Crippen LogP contribution in [0.5, 0.6) is 5.75 Å². The molecule has 4 heteroatoms. The van der Waals surface area contributed by atoms with E-state index >= 15 is 0 Å². The monoisotopic (exact) mass is 324 g/mol. The maximum absolute atomic E-state index is 13.8. The average Bonchev–Trinajstić information content (AvgIpc) is 2.37. The minimum atomic E-state index is -0.987. The Morgan fingerprint density at radius 2 is 1.84 bits per heavy atom. The summed E-state index contributed by atoms with van der Waals surface area (Å²) in [5.74, 6) is 0.279. The van der Waals surface area contributed by atoms with E-state index in [1.54, 1.807) is 31.4 Å². The zero-order valence-corrected chi connectivity index (χ0v) is 12.2. The van der Waals surface area contributed by atoms with E-state index in [-0.39, 0.29) is 5.56 Å². The van der Waals surface area contributed by atoms with Crippen LogP contribution in [0.1, 0.15) is 22.8 Å². The second kappa shape index (κ2) is 5.72.